The number of hydrogen-bond acceptors (Lipinski definition) is 6. The SMILES string of the molecule is O=C(c1ccc(=O)n(CCOc2ccccc2)n1)N1CCC(c2nc(C3CC3)n[nH]2)CC1. The summed E-state index contributed by atoms with van der Waals surface area (Å²) < 4.78 is 6.94. The molecular formula is C23H26N6O3. The fourth-order valence-corrected chi connectivity index (χ4v) is 4.00. The molecule has 0 bridgehead atoms. The van der Waals surface area contributed by atoms with Crippen LogP contribution in [0.1, 0.15) is 59.7 Å². The van der Waals surface area contributed by atoms with Gasteiger partial charge in [0.1, 0.15) is 23.9 Å². The summed E-state index contributed by atoms with van der Waals surface area (Å²) >= 11 is 0. The fourth-order valence-electron chi connectivity index (χ4n) is 4.00. The third-order valence-electron chi connectivity index (χ3n) is 6.03. The lowest BCUT2D eigenvalue weighted by atomic mass is 9.96. The number of aromatic nitrogens is 5. The molecule has 1 saturated carbocycles. The van der Waals surface area contributed by atoms with Crippen LogP contribution < -0.4 is 10.3 Å². The third kappa shape index (κ3) is 4.56. The second-order valence-electron chi connectivity index (χ2n) is 8.36. The normalized spacial score (nSPS) is 16.8. The summed E-state index contributed by atoms with van der Waals surface area (Å²) in [5, 5.41) is 11.7. The van der Waals surface area contributed by atoms with Crippen LogP contribution in [0.3, 0.4) is 0 Å². The zero-order valence-corrected chi connectivity index (χ0v) is 17.8. The molecule has 1 N–H and O–H groups in total. The number of likely N-dealkylation sites (tertiary alicyclic amines) is 1. The lowest BCUT2D eigenvalue weighted by Crippen LogP contribution is -2.39. The summed E-state index contributed by atoms with van der Waals surface area (Å²) in [7, 11) is 0. The van der Waals surface area contributed by atoms with Crippen molar-refractivity contribution in [2.75, 3.05) is 19.7 Å². The summed E-state index contributed by atoms with van der Waals surface area (Å²) in [4.78, 5) is 31.6. The minimum atomic E-state index is -0.256. The van der Waals surface area contributed by atoms with Gasteiger partial charge in [0, 0.05) is 31.0 Å². The van der Waals surface area contributed by atoms with Gasteiger partial charge in [-0.05, 0) is 43.9 Å². The van der Waals surface area contributed by atoms with Gasteiger partial charge in [0.2, 0.25) is 0 Å². The first kappa shape index (κ1) is 20.4. The van der Waals surface area contributed by atoms with Crippen molar-refractivity contribution in [1.82, 2.24) is 29.9 Å². The molecule has 0 spiro atoms. The predicted molar refractivity (Wildman–Crippen MR) is 117 cm³/mol. The highest BCUT2D eigenvalue weighted by Gasteiger charge is 2.31. The van der Waals surface area contributed by atoms with Gasteiger partial charge in [-0.3, -0.25) is 14.7 Å². The molecule has 1 aliphatic carbocycles. The Balaban J connectivity index is 1.18. The number of aromatic amines is 1. The Bertz CT molecular complexity index is 1130. The topological polar surface area (TPSA) is 106 Å². The van der Waals surface area contributed by atoms with E-state index in [0.29, 0.717) is 25.6 Å². The second kappa shape index (κ2) is 8.94. The quantitative estimate of drug-likeness (QED) is 0.612. The van der Waals surface area contributed by atoms with Crippen LogP contribution in [-0.2, 0) is 6.54 Å². The van der Waals surface area contributed by atoms with Gasteiger partial charge in [0.05, 0.1) is 6.54 Å². The van der Waals surface area contributed by atoms with Crippen molar-refractivity contribution in [3.63, 3.8) is 0 Å². The number of nitrogens with zero attached hydrogens (tertiary/aromatic N) is 5. The summed E-state index contributed by atoms with van der Waals surface area (Å²) in [5.41, 5.74) is 0.0205. The van der Waals surface area contributed by atoms with E-state index < -0.39 is 0 Å². The van der Waals surface area contributed by atoms with Gasteiger partial charge in [-0.15, -0.1) is 0 Å². The summed E-state index contributed by atoms with van der Waals surface area (Å²) in [5.74, 6) is 3.26. The second-order valence-corrected chi connectivity index (χ2v) is 8.36. The van der Waals surface area contributed by atoms with Crippen LogP contribution in [0.2, 0.25) is 0 Å². The smallest absolute Gasteiger partial charge is 0.274 e. The first-order chi connectivity index (χ1) is 15.7. The highest BCUT2D eigenvalue weighted by Crippen LogP contribution is 2.38. The number of H-pyrrole nitrogens is 1. The summed E-state index contributed by atoms with van der Waals surface area (Å²) in [6.45, 7) is 1.81. The molecular weight excluding hydrogens is 408 g/mol. The van der Waals surface area contributed by atoms with Crippen molar-refractivity contribution in [3.8, 4) is 5.75 Å². The number of benzene rings is 1. The van der Waals surface area contributed by atoms with E-state index >= 15 is 0 Å². The van der Waals surface area contributed by atoms with E-state index in [9.17, 15) is 9.59 Å². The number of nitrogens with one attached hydrogen (secondary N) is 1. The Morgan fingerprint density at radius 1 is 1.03 bits per heavy atom. The molecule has 1 saturated heterocycles. The fraction of sp³-hybridized carbons (Fsp3) is 0.435. The van der Waals surface area contributed by atoms with E-state index in [4.69, 9.17) is 4.74 Å². The van der Waals surface area contributed by atoms with E-state index in [1.807, 2.05) is 30.3 Å². The minimum absolute atomic E-state index is 0.155. The Morgan fingerprint density at radius 2 is 1.81 bits per heavy atom. The van der Waals surface area contributed by atoms with Crippen molar-refractivity contribution >= 4 is 5.91 Å². The molecule has 1 amide bonds. The number of carbonyl (C=O) groups excluding carboxylic acids is 1. The number of amides is 1. The van der Waals surface area contributed by atoms with Gasteiger partial charge in [0.25, 0.3) is 11.5 Å². The predicted octanol–water partition coefficient (Wildman–Crippen LogP) is 2.34. The molecule has 32 heavy (non-hydrogen) atoms. The van der Waals surface area contributed by atoms with Crippen LogP contribution in [0, 0.1) is 0 Å². The van der Waals surface area contributed by atoms with Crippen molar-refractivity contribution in [2.24, 2.45) is 0 Å². The van der Waals surface area contributed by atoms with Gasteiger partial charge in [-0.1, -0.05) is 18.2 Å². The zero-order chi connectivity index (χ0) is 21.9. The molecule has 3 aromatic rings. The standard InChI is InChI=1S/C23H26N6O3/c30-20-9-8-19(27-29(20)14-15-32-18-4-2-1-3-5-18)23(31)28-12-10-17(11-13-28)22-24-21(25-26-22)16-6-7-16/h1-5,8-9,16-17H,6-7,10-15H2,(H,24,25,26). The van der Waals surface area contributed by atoms with E-state index in [0.717, 1.165) is 30.2 Å². The molecule has 1 aliphatic heterocycles. The summed E-state index contributed by atoms with van der Waals surface area (Å²) in [6, 6.07) is 12.3. The van der Waals surface area contributed by atoms with Crippen molar-refractivity contribution in [1.29, 1.82) is 0 Å². The van der Waals surface area contributed by atoms with E-state index in [-0.39, 0.29) is 29.6 Å². The van der Waals surface area contributed by atoms with Crippen molar-refractivity contribution in [2.45, 2.75) is 44.1 Å². The molecule has 9 heteroatoms. The Kier molecular flexibility index (Phi) is 5.70. The number of rotatable bonds is 7. The van der Waals surface area contributed by atoms with Crippen LogP contribution >= 0.6 is 0 Å². The van der Waals surface area contributed by atoms with Crippen molar-refractivity contribution in [3.05, 3.63) is 70.2 Å². The zero-order valence-electron chi connectivity index (χ0n) is 17.8. The average Bonchev–Trinajstić information content (AvgIpc) is 3.57. The number of piperidine rings is 1. The molecule has 166 valence electrons. The Labute approximate surface area is 185 Å². The van der Waals surface area contributed by atoms with Gasteiger partial charge in [-0.2, -0.15) is 10.2 Å². The lowest BCUT2D eigenvalue weighted by Gasteiger charge is -2.30. The maximum atomic E-state index is 13.0. The number of carbonyl (C=O) groups is 1. The molecule has 9 nitrogen and oxygen atoms in total. The largest absolute Gasteiger partial charge is 0.492 e. The molecule has 2 fully saturated rings. The molecule has 2 aromatic heterocycles. The highest BCUT2D eigenvalue weighted by atomic mass is 16.5. The van der Waals surface area contributed by atoms with Crippen molar-refractivity contribution < 1.29 is 9.53 Å². The monoisotopic (exact) mass is 434 g/mol. The third-order valence-corrected chi connectivity index (χ3v) is 6.03. The number of para-hydroxylation sites is 1. The molecule has 0 radical (unpaired) electrons. The molecule has 5 rings (SSSR count). The molecule has 0 unspecified atom stereocenters. The minimum Gasteiger partial charge on any atom is -0.492 e. The first-order valence-corrected chi connectivity index (χ1v) is 11.1. The highest BCUT2D eigenvalue weighted by molar-refractivity contribution is 5.92. The van der Waals surface area contributed by atoms with Gasteiger partial charge < -0.3 is 9.64 Å². The number of ether oxygens (including phenoxy) is 1. The number of hydrogen-bond donors (Lipinski definition) is 1. The maximum absolute atomic E-state index is 13.0. The van der Waals surface area contributed by atoms with E-state index in [1.165, 1.54) is 29.7 Å². The van der Waals surface area contributed by atoms with Crippen LogP contribution in [0.25, 0.3) is 0 Å². The first-order valence-electron chi connectivity index (χ1n) is 11.1. The van der Waals surface area contributed by atoms with E-state index in [2.05, 4.69) is 20.3 Å². The molecule has 2 aliphatic rings. The van der Waals surface area contributed by atoms with E-state index in [1.54, 1.807) is 4.90 Å². The Hall–Kier alpha value is -3.49. The van der Waals surface area contributed by atoms with Crippen LogP contribution in [0.4, 0.5) is 0 Å². The lowest BCUT2D eigenvalue weighted by molar-refractivity contribution is 0.0701. The molecule has 3 heterocycles. The van der Waals surface area contributed by atoms with Crippen LogP contribution in [0.15, 0.2) is 47.3 Å². The van der Waals surface area contributed by atoms with Gasteiger partial charge >= 0.3 is 0 Å². The molecule has 0 atom stereocenters. The van der Waals surface area contributed by atoms with Crippen LogP contribution in [-0.4, -0.2) is 55.5 Å². The average molecular weight is 435 g/mol. The molecule has 1 aromatic carbocycles. The summed E-state index contributed by atoms with van der Waals surface area (Å²) in [6.07, 6.45) is 4.01. The van der Waals surface area contributed by atoms with Crippen LogP contribution in [0.5, 0.6) is 5.75 Å². The van der Waals surface area contributed by atoms with Gasteiger partial charge in [0.15, 0.2) is 5.82 Å². The Morgan fingerprint density at radius 3 is 2.56 bits per heavy atom. The maximum Gasteiger partial charge on any atom is 0.274 e. The van der Waals surface area contributed by atoms with Gasteiger partial charge in [-0.25, -0.2) is 9.67 Å².